The Labute approximate surface area is 87.1 Å². The molecule has 0 aliphatic carbocycles. The van der Waals surface area contributed by atoms with Gasteiger partial charge in [-0.3, -0.25) is 0 Å². The third-order valence-corrected chi connectivity index (χ3v) is 2.62. The summed E-state index contributed by atoms with van der Waals surface area (Å²) in [4.78, 5) is 0. The van der Waals surface area contributed by atoms with Crippen molar-refractivity contribution >= 4 is 0 Å². The van der Waals surface area contributed by atoms with Crippen molar-refractivity contribution < 1.29 is 19.3 Å². The summed E-state index contributed by atoms with van der Waals surface area (Å²) in [6.07, 6.45) is -0.0105. The first-order chi connectivity index (χ1) is 7.20. The first-order valence-corrected chi connectivity index (χ1v) is 4.94. The molecule has 1 aliphatic rings. The van der Waals surface area contributed by atoms with Crippen molar-refractivity contribution in [2.24, 2.45) is 0 Å². The third-order valence-electron chi connectivity index (χ3n) is 2.62. The Bertz CT molecular complexity index is 354. The molecule has 3 nitrogen and oxygen atoms in total. The molecule has 2 atom stereocenters. The van der Waals surface area contributed by atoms with Gasteiger partial charge in [0.2, 0.25) is 0 Å². The van der Waals surface area contributed by atoms with Crippen LogP contribution in [0.2, 0.25) is 0 Å². The monoisotopic (exact) mass is 212 g/mol. The topological polar surface area (TPSA) is 49.7 Å². The van der Waals surface area contributed by atoms with E-state index in [1.807, 2.05) is 0 Å². The predicted molar refractivity (Wildman–Crippen MR) is 52.2 cm³/mol. The summed E-state index contributed by atoms with van der Waals surface area (Å²) in [5, 5.41) is 18.2. The summed E-state index contributed by atoms with van der Waals surface area (Å²) < 4.78 is 18.3. The van der Waals surface area contributed by atoms with Gasteiger partial charge in [-0.05, 0) is 36.6 Å². The van der Waals surface area contributed by atoms with E-state index in [4.69, 9.17) is 9.84 Å². The second-order valence-corrected chi connectivity index (χ2v) is 3.70. The zero-order valence-electron chi connectivity index (χ0n) is 8.19. The van der Waals surface area contributed by atoms with E-state index in [0.29, 0.717) is 18.6 Å². The highest BCUT2D eigenvalue weighted by atomic mass is 19.1. The van der Waals surface area contributed by atoms with E-state index in [0.717, 1.165) is 5.56 Å². The summed E-state index contributed by atoms with van der Waals surface area (Å²) in [7, 11) is 0. The second kappa shape index (κ2) is 4.16. The number of benzene rings is 1. The Morgan fingerprint density at radius 2 is 2.33 bits per heavy atom. The molecule has 0 saturated heterocycles. The van der Waals surface area contributed by atoms with Crippen LogP contribution >= 0.6 is 0 Å². The molecular formula is C11H13FO3. The lowest BCUT2D eigenvalue weighted by atomic mass is 9.99. The predicted octanol–water partition coefficient (Wildman–Crippen LogP) is 0.872. The Kier molecular flexibility index (Phi) is 2.88. The maximum atomic E-state index is 12.9. The molecule has 0 bridgehead atoms. The molecule has 2 rings (SSSR count). The Morgan fingerprint density at radius 1 is 1.53 bits per heavy atom. The molecule has 15 heavy (non-hydrogen) atoms. The van der Waals surface area contributed by atoms with Gasteiger partial charge in [-0.2, -0.15) is 0 Å². The highest BCUT2D eigenvalue weighted by Crippen LogP contribution is 2.29. The van der Waals surface area contributed by atoms with Crippen LogP contribution in [0.4, 0.5) is 4.39 Å². The average molecular weight is 212 g/mol. The lowest BCUT2D eigenvalue weighted by Crippen LogP contribution is -2.37. The van der Waals surface area contributed by atoms with Gasteiger partial charge in [0.1, 0.15) is 23.8 Å². The van der Waals surface area contributed by atoms with Gasteiger partial charge in [-0.15, -0.1) is 0 Å². The van der Waals surface area contributed by atoms with Gasteiger partial charge < -0.3 is 14.9 Å². The minimum Gasteiger partial charge on any atom is -0.487 e. The van der Waals surface area contributed by atoms with E-state index in [1.54, 1.807) is 6.07 Å². The number of fused-ring (bicyclic) bond motifs is 1. The molecule has 1 aliphatic heterocycles. The van der Waals surface area contributed by atoms with Crippen LogP contribution < -0.4 is 4.74 Å². The van der Waals surface area contributed by atoms with Crippen LogP contribution in [-0.2, 0) is 6.42 Å². The number of hydrogen-bond acceptors (Lipinski definition) is 3. The van der Waals surface area contributed by atoms with Crippen molar-refractivity contribution in [2.45, 2.75) is 25.0 Å². The fourth-order valence-corrected chi connectivity index (χ4v) is 1.77. The smallest absolute Gasteiger partial charge is 0.127 e. The molecule has 82 valence electrons. The van der Waals surface area contributed by atoms with Gasteiger partial charge in [-0.25, -0.2) is 4.39 Å². The van der Waals surface area contributed by atoms with Crippen LogP contribution in [-0.4, -0.2) is 29.0 Å². The van der Waals surface area contributed by atoms with Gasteiger partial charge in [0, 0.05) is 0 Å². The van der Waals surface area contributed by atoms with Crippen LogP contribution in [0.25, 0.3) is 0 Å². The number of aliphatic hydroxyl groups excluding tert-OH is 2. The number of ether oxygens (including phenoxy) is 1. The summed E-state index contributed by atoms with van der Waals surface area (Å²) >= 11 is 0. The van der Waals surface area contributed by atoms with Crippen molar-refractivity contribution in [3.8, 4) is 5.75 Å². The zero-order chi connectivity index (χ0) is 10.8. The molecule has 0 spiro atoms. The molecule has 0 unspecified atom stereocenters. The maximum absolute atomic E-state index is 12.9. The average Bonchev–Trinajstić information content (AvgIpc) is 2.27. The summed E-state index contributed by atoms with van der Waals surface area (Å²) in [5.41, 5.74) is 0.816. The minimum atomic E-state index is -0.872. The summed E-state index contributed by atoms with van der Waals surface area (Å²) in [5.74, 6) is 0.318. The first kappa shape index (κ1) is 10.4. The van der Waals surface area contributed by atoms with E-state index in [2.05, 4.69) is 0 Å². The van der Waals surface area contributed by atoms with E-state index < -0.39 is 12.2 Å². The van der Waals surface area contributed by atoms with E-state index >= 15 is 0 Å². The number of hydrogen-bond donors (Lipinski definition) is 2. The Hall–Kier alpha value is -1.13. The number of halogens is 1. The van der Waals surface area contributed by atoms with Crippen molar-refractivity contribution in [2.75, 3.05) is 6.61 Å². The molecule has 1 aromatic rings. The molecule has 0 saturated carbocycles. The fraction of sp³-hybridized carbons (Fsp3) is 0.455. The maximum Gasteiger partial charge on any atom is 0.127 e. The van der Waals surface area contributed by atoms with Crippen LogP contribution in [0, 0.1) is 5.82 Å². The largest absolute Gasteiger partial charge is 0.487 e. The van der Waals surface area contributed by atoms with Crippen molar-refractivity contribution in [1.82, 2.24) is 0 Å². The SMILES string of the molecule is OC[C@H](O)[C@@H]1CCc2cc(F)ccc2O1. The normalized spacial score (nSPS) is 21.7. The molecule has 0 aromatic heterocycles. The van der Waals surface area contributed by atoms with Crippen molar-refractivity contribution in [1.29, 1.82) is 0 Å². The Balaban J connectivity index is 2.16. The van der Waals surface area contributed by atoms with Gasteiger partial charge in [0.25, 0.3) is 0 Å². The molecule has 0 radical (unpaired) electrons. The molecule has 0 amide bonds. The van der Waals surface area contributed by atoms with Gasteiger partial charge >= 0.3 is 0 Å². The van der Waals surface area contributed by atoms with Gasteiger partial charge in [0.15, 0.2) is 0 Å². The Morgan fingerprint density at radius 3 is 3.07 bits per heavy atom. The fourth-order valence-electron chi connectivity index (χ4n) is 1.77. The highest BCUT2D eigenvalue weighted by Gasteiger charge is 2.25. The molecule has 4 heteroatoms. The minimum absolute atomic E-state index is 0.279. The quantitative estimate of drug-likeness (QED) is 0.764. The van der Waals surface area contributed by atoms with Crippen molar-refractivity contribution in [3.05, 3.63) is 29.6 Å². The van der Waals surface area contributed by atoms with Crippen LogP contribution in [0.15, 0.2) is 18.2 Å². The first-order valence-electron chi connectivity index (χ1n) is 4.94. The van der Waals surface area contributed by atoms with Gasteiger partial charge in [-0.1, -0.05) is 0 Å². The molecule has 2 N–H and O–H groups in total. The molecule has 1 aromatic carbocycles. The number of aliphatic hydroxyl groups is 2. The summed E-state index contributed by atoms with van der Waals surface area (Å²) in [6, 6.07) is 4.32. The summed E-state index contributed by atoms with van der Waals surface area (Å²) in [6.45, 7) is -0.318. The van der Waals surface area contributed by atoms with Gasteiger partial charge in [0.05, 0.1) is 6.61 Å². The van der Waals surface area contributed by atoms with Crippen LogP contribution in [0.1, 0.15) is 12.0 Å². The molecule has 1 heterocycles. The lowest BCUT2D eigenvalue weighted by molar-refractivity contribution is -0.00965. The zero-order valence-corrected chi connectivity index (χ0v) is 8.19. The lowest BCUT2D eigenvalue weighted by Gasteiger charge is -2.28. The number of aryl methyl sites for hydroxylation is 1. The standard InChI is InChI=1S/C11H13FO3/c12-8-2-4-10-7(5-8)1-3-11(15-10)9(14)6-13/h2,4-5,9,11,13-14H,1,3,6H2/t9-,11-/m0/s1. The van der Waals surface area contributed by atoms with E-state index in [9.17, 15) is 9.50 Å². The highest BCUT2D eigenvalue weighted by molar-refractivity contribution is 5.35. The third kappa shape index (κ3) is 2.11. The van der Waals surface area contributed by atoms with Crippen LogP contribution in [0.3, 0.4) is 0 Å². The van der Waals surface area contributed by atoms with E-state index in [-0.39, 0.29) is 12.4 Å². The number of rotatable bonds is 2. The molecule has 0 fully saturated rings. The van der Waals surface area contributed by atoms with Crippen LogP contribution in [0.5, 0.6) is 5.75 Å². The second-order valence-electron chi connectivity index (χ2n) is 3.70. The van der Waals surface area contributed by atoms with Crippen molar-refractivity contribution in [3.63, 3.8) is 0 Å². The van der Waals surface area contributed by atoms with E-state index in [1.165, 1.54) is 12.1 Å². The molecular weight excluding hydrogens is 199 g/mol.